The molecule has 1 saturated carbocycles. The minimum atomic E-state index is 0.512. The molecule has 4 rings (SSSR count). The number of rotatable bonds is 2. The van der Waals surface area contributed by atoms with Gasteiger partial charge < -0.3 is 0 Å². The molecule has 22 heavy (non-hydrogen) atoms. The summed E-state index contributed by atoms with van der Waals surface area (Å²) >= 11 is 5.35. The maximum Gasteiger partial charge on any atom is 0.212 e. The molecule has 2 aliphatic rings. The van der Waals surface area contributed by atoms with E-state index in [2.05, 4.69) is 44.3 Å². The Labute approximate surface area is 142 Å². The summed E-state index contributed by atoms with van der Waals surface area (Å²) in [4.78, 5) is 0. The molecule has 2 aromatic rings. The largest absolute Gasteiger partial charge is 0.212 e. The first-order chi connectivity index (χ1) is 10.8. The Morgan fingerprint density at radius 3 is 2.73 bits per heavy atom. The minimum Gasteiger partial charge on any atom is -0.191 e. The average molecular weight is 377 g/mol. The summed E-state index contributed by atoms with van der Waals surface area (Å²) in [5.74, 6) is 2.40. The van der Waals surface area contributed by atoms with Gasteiger partial charge in [0.2, 0.25) is 5.16 Å². The minimum absolute atomic E-state index is 0.512. The van der Waals surface area contributed by atoms with Crippen LogP contribution in [0.4, 0.5) is 0 Å². The number of hydrogen-bond donors (Lipinski definition) is 0. The van der Waals surface area contributed by atoms with Crippen molar-refractivity contribution in [1.29, 1.82) is 0 Å². The molecule has 1 aromatic carbocycles. The number of aromatic nitrogens is 3. The molecule has 0 spiro atoms. The predicted molar refractivity (Wildman–Crippen MR) is 92.6 cm³/mol. The first kappa shape index (κ1) is 14.5. The highest BCUT2D eigenvalue weighted by Gasteiger charge is 2.26. The van der Waals surface area contributed by atoms with Gasteiger partial charge in [0.05, 0.1) is 5.71 Å². The third-order valence-electron chi connectivity index (χ3n) is 4.35. The number of hydrogen-bond acceptors (Lipinski definition) is 4. The fourth-order valence-corrected chi connectivity index (χ4v) is 4.53. The average Bonchev–Trinajstić information content (AvgIpc) is 2.99. The number of nitrogens with zero attached hydrogens (tertiary/aromatic N) is 4. The number of thioether (sulfide) groups is 1. The molecule has 2 heterocycles. The van der Waals surface area contributed by atoms with E-state index in [9.17, 15) is 0 Å². The van der Waals surface area contributed by atoms with Crippen LogP contribution < -0.4 is 0 Å². The SMILES string of the molecule is Brc1ccccc1C1=Nn2c(nnc2C2CCCCC2)SC1. The molecule has 4 nitrogen and oxygen atoms in total. The third-order valence-corrected chi connectivity index (χ3v) is 5.97. The van der Waals surface area contributed by atoms with Crippen LogP contribution in [-0.2, 0) is 0 Å². The van der Waals surface area contributed by atoms with Crippen LogP contribution in [0.1, 0.15) is 49.4 Å². The molecule has 6 heteroatoms. The fourth-order valence-electron chi connectivity index (χ4n) is 3.19. The second-order valence-corrected chi connectivity index (χ2v) is 7.60. The first-order valence-electron chi connectivity index (χ1n) is 7.74. The Morgan fingerprint density at radius 1 is 1.09 bits per heavy atom. The second kappa shape index (κ2) is 6.16. The van der Waals surface area contributed by atoms with Gasteiger partial charge in [-0.3, -0.25) is 0 Å². The molecule has 0 saturated heterocycles. The molecule has 0 radical (unpaired) electrons. The van der Waals surface area contributed by atoms with Crippen molar-refractivity contribution in [2.24, 2.45) is 5.10 Å². The van der Waals surface area contributed by atoms with Crippen molar-refractivity contribution in [3.63, 3.8) is 0 Å². The normalized spacial score (nSPS) is 18.9. The molecule has 1 aliphatic carbocycles. The van der Waals surface area contributed by atoms with Crippen LogP contribution in [0.25, 0.3) is 0 Å². The van der Waals surface area contributed by atoms with Crippen LogP contribution in [0.3, 0.4) is 0 Å². The van der Waals surface area contributed by atoms with Gasteiger partial charge in [-0.15, -0.1) is 10.2 Å². The Morgan fingerprint density at radius 2 is 1.91 bits per heavy atom. The van der Waals surface area contributed by atoms with Crippen molar-refractivity contribution in [2.45, 2.75) is 43.2 Å². The zero-order valence-corrected chi connectivity index (χ0v) is 14.6. The smallest absolute Gasteiger partial charge is 0.191 e. The van der Waals surface area contributed by atoms with Gasteiger partial charge in [-0.25, -0.2) is 0 Å². The van der Waals surface area contributed by atoms with E-state index in [-0.39, 0.29) is 0 Å². The molecular weight excluding hydrogens is 360 g/mol. The predicted octanol–water partition coefficient (Wildman–Crippen LogP) is 4.45. The highest BCUT2D eigenvalue weighted by atomic mass is 79.9. The van der Waals surface area contributed by atoms with E-state index in [1.165, 1.54) is 32.1 Å². The van der Waals surface area contributed by atoms with E-state index in [4.69, 9.17) is 5.10 Å². The monoisotopic (exact) mass is 376 g/mol. The molecule has 114 valence electrons. The fraction of sp³-hybridized carbons (Fsp3) is 0.438. The van der Waals surface area contributed by atoms with E-state index in [1.807, 2.05) is 10.7 Å². The molecule has 1 aromatic heterocycles. The van der Waals surface area contributed by atoms with Crippen LogP contribution in [0, 0.1) is 0 Å². The van der Waals surface area contributed by atoms with Crippen molar-refractivity contribution < 1.29 is 0 Å². The standard InChI is InChI=1S/C16H17BrN4S/c17-13-9-5-4-8-12(13)14-10-22-16-19-18-15(21(16)20-14)11-6-2-1-3-7-11/h4-5,8-9,11H,1-3,6-7,10H2. The van der Waals surface area contributed by atoms with Crippen molar-refractivity contribution >= 4 is 33.4 Å². The Hall–Kier alpha value is -1.14. The van der Waals surface area contributed by atoms with Crippen molar-refractivity contribution in [3.8, 4) is 0 Å². The highest BCUT2D eigenvalue weighted by molar-refractivity contribution is 9.10. The topological polar surface area (TPSA) is 43.1 Å². The number of halogens is 1. The van der Waals surface area contributed by atoms with Gasteiger partial charge in [0.25, 0.3) is 0 Å². The molecule has 0 atom stereocenters. The first-order valence-corrected chi connectivity index (χ1v) is 9.51. The third kappa shape index (κ3) is 2.63. The molecule has 0 unspecified atom stereocenters. The Kier molecular flexibility index (Phi) is 4.05. The molecule has 0 bridgehead atoms. The van der Waals surface area contributed by atoms with Crippen molar-refractivity contribution in [2.75, 3.05) is 5.75 Å². The van der Waals surface area contributed by atoms with E-state index < -0.39 is 0 Å². The summed E-state index contributed by atoms with van der Waals surface area (Å²) < 4.78 is 3.07. The van der Waals surface area contributed by atoms with E-state index in [0.717, 1.165) is 32.5 Å². The van der Waals surface area contributed by atoms with Gasteiger partial charge in [-0.05, 0) is 18.9 Å². The maximum atomic E-state index is 4.87. The van der Waals surface area contributed by atoms with Crippen molar-refractivity contribution in [3.05, 3.63) is 40.1 Å². The van der Waals surface area contributed by atoms with Crippen molar-refractivity contribution in [1.82, 2.24) is 14.9 Å². The van der Waals surface area contributed by atoms with E-state index in [1.54, 1.807) is 11.8 Å². The summed E-state index contributed by atoms with van der Waals surface area (Å²) in [6, 6.07) is 8.25. The van der Waals surface area contributed by atoms with Gasteiger partial charge in [-0.2, -0.15) is 9.78 Å². The quantitative estimate of drug-likeness (QED) is 0.777. The lowest BCUT2D eigenvalue weighted by Crippen LogP contribution is -2.17. The summed E-state index contributed by atoms with van der Waals surface area (Å²) in [6.45, 7) is 0. The zero-order chi connectivity index (χ0) is 14.9. The maximum absolute atomic E-state index is 4.87. The zero-order valence-electron chi connectivity index (χ0n) is 12.2. The van der Waals surface area contributed by atoms with Crippen LogP contribution in [0.5, 0.6) is 0 Å². The van der Waals surface area contributed by atoms with Gasteiger partial charge in [-0.1, -0.05) is 65.2 Å². The van der Waals surface area contributed by atoms with Crippen LogP contribution in [-0.4, -0.2) is 26.3 Å². The molecular formula is C16H17BrN4S. The van der Waals surface area contributed by atoms with Gasteiger partial charge in [0.15, 0.2) is 5.82 Å². The molecule has 0 N–H and O–H groups in total. The van der Waals surface area contributed by atoms with E-state index in [0.29, 0.717) is 5.92 Å². The van der Waals surface area contributed by atoms with Gasteiger partial charge >= 0.3 is 0 Å². The molecule has 1 aliphatic heterocycles. The number of benzene rings is 1. The number of fused-ring (bicyclic) bond motifs is 1. The molecule has 1 fully saturated rings. The summed E-state index contributed by atoms with van der Waals surface area (Å²) in [5.41, 5.74) is 2.24. The second-order valence-electron chi connectivity index (χ2n) is 5.80. The van der Waals surface area contributed by atoms with Gasteiger partial charge in [0, 0.05) is 21.7 Å². The van der Waals surface area contributed by atoms with Crippen LogP contribution in [0.15, 0.2) is 39.0 Å². The Bertz CT molecular complexity index is 719. The summed E-state index contributed by atoms with van der Waals surface area (Å²) in [7, 11) is 0. The molecule has 0 amide bonds. The summed E-state index contributed by atoms with van der Waals surface area (Å²) in [6.07, 6.45) is 6.35. The Balaban J connectivity index is 1.72. The lowest BCUT2D eigenvalue weighted by Gasteiger charge is -2.22. The van der Waals surface area contributed by atoms with E-state index >= 15 is 0 Å². The van der Waals surface area contributed by atoms with Crippen LogP contribution in [0.2, 0.25) is 0 Å². The highest BCUT2D eigenvalue weighted by Crippen LogP contribution is 2.35. The van der Waals surface area contributed by atoms with Crippen LogP contribution >= 0.6 is 27.7 Å². The van der Waals surface area contributed by atoms with Gasteiger partial charge in [0.1, 0.15) is 0 Å². The lowest BCUT2D eigenvalue weighted by molar-refractivity contribution is 0.417. The summed E-state index contributed by atoms with van der Waals surface area (Å²) in [5, 5.41) is 14.6. The lowest BCUT2D eigenvalue weighted by atomic mass is 9.89.